The number of hydrogen-bond acceptors (Lipinski definition) is 5. The number of aromatic nitrogens is 3. The molecule has 4 rings (SSSR count). The highest BCUT2D eigenvalue weighted by Crippen LogP contribution is 2.26. The maximum Gasteiger partial charge on any atom is 0.161 e. The molecule has 1 N–H and O–H groups in total. The number of aryl methyl sites for hydroxylation is 1. The predicted molar refractivity (Wildman–Crippen MR) is 85.4 cm³/mol. The van der Waals surface area contributed by atoms with E-state index in [1.807, 2.05) is 12.3 Å². The van der Waals surface area contributed by atoms with Gasteiger partial charge in [-0.2, -0.15) is 0 Å². The zero-order valence-electron chi connectivity index (χ0n) is 11.9. The Hall–Kier alpha value is -1.85. The van der Waals surface area contributed by atoms with E-state index in [2.05, 4.69) is 28.7 Å². The second kappa shape index (κ2) is 5.16. The van der Waals surface area contributed by atoms with E-state index in [-0.39, 0.29) is 0 Å². The minimum absolute atomic E-state index is 0.803. The van der Waals surface area contributed by atoms with Crippen LogP contribution in [0.5, 0.6) is 0 Å². The minimum Gasteiger partial charge on any atom is -0.311 e. The Morgan fingerprint density at radius 1 is 1.33 bits per heavy atom. The van der Waals surface area contributed by atoms with Crippen LogP contribution in [0.1, 0.15) is 23.9 Å². The lowest BCUT2D eigenvalue weighted by Gasteiger charge is -2.19. The molecule has 4 heterocycles. The molecule has 0 aliphatic carbocycles. The zero-order valence-corrected chi connectivity index (χ0v) is 12.7. The third-order valence-corrected chi connectivity index (χ3v) is 4.77. The van der Waals surface area contributed by atoms with Crippen LogP contribution < -0.4 is 5.32 Å². The third-order valence-electron chi connectivity index (χ3n) is 3.92. The quantitative estimate of drug-likeness (QED) is 0.790. The first-order valence-corrected chi connectivity index (χ1v) is 8.16. The molecule has 3 aromatic heterocycles. The van der Waals surface area contributed by atoms with E-state index in [0.29, 0.717) is 0 Å². The molecule has 4 nitrogen and oxygen atoms in total. The molecule has 0 amide bonds. The summed E-state index contributed by atoms with van der Waals surface area (Å²) in [4.78, 5) is 14.1. The SMILES string of the molecule is CCc1nc(-c2cnc3ccsc3c2)nc2c1CCNC2. The van der Waals surface area contributed by atoms with Crippen molar-refractivity contribution in [1.82, 2.24) is 20.3 Å². The van der Waals surface area contributed by atoms with Gasteiger partial charge in [0.15, 0.2) is 5.82 Å². The lowest BCUT2D eigenvalue weighted by molar-refractivity contribution is 0.617. The number of thiophene rings is 1. The van der Waals surface area contributed by atoms with Gasteiger partial charge in [0.05, 0.1) is 15.9 Å². The highest BCUT2D eigenvalue weighted by molar-refractivity contribution is 7.17. The molecule has 0 saturated heterocycles. The van der Waals surface area contributed by atoms with Gasteiger partial charge in [-0.1, -0.05) is 6.92 Å². The monoisotopic (exact) mass is 296 g/mol. The minimum atomic E-state index is 0.803. The van der Waals surface area contributed by atoms with Gasteiger partial charge in [0.25, 0.3) is 0 Å². The molecule has 0 radical (unpaired) electrons. The number of nitrogens with one attached hydrogen (secondary N) is 1. The number of fused-ring (bicyclic) bond motifs is 2. The van der Waals surface area contributed by atoms with Crippen LogP contribution in [-0.2, 0) is 19.4 Å². The van der Waals surface area contributed by atoms with E-state index < -0.39 is 0 Å². The Kier molecular flexibility index (Phi) is 3.16. The van der Waals surface area contributed by atoms with Crippen LogP contribution in [0.3, 0.4) is 0 Å². The molecule has 0 fully saturated rings. The van der Waals surface area contributed by atoms with Crippen LogP contribution in [0.25, 0.3) is 21.6 Å². The van der Waals surface area contributed by atoms with Gasteiger partial charge in [-0.05, 0) is 42.5 Å². The first-order valence-electron chi connectivity index (χ1n) is 7.28. The molecule has 0 unspecified atom stereocenters. The fourth-order valence-electron chi connectivity index (χ4n) is 2.83. The average molecular weight is 296 g/mol. The van der Waals surface area contributed by atoms with Crippen molar-refractivity contribution in [2.45, 2.75) is 26.3 Å². The fourth-order valence-corrected chi connectivity index (χ4v) is 3.61. The van der Waals surface area contributed by atoms with Crippen molar-refractivity contribution in [3.05, 3.63) is 40.7 Å². The van der Waals surface area contributed by atoms with Crippen molar-refractivity contribution in [3.63, 3.8) is 0 Å². The molecule has 21 heavy (non-hydrogen) atoms. The van der Waals surface area contributed by atoms with Crippen LogP contribution in [-0.4, -0.2) is 21.5 Å². The standard InChI is InChI=1S/C16H16N4S/c1-2-12-11-3-5-17-9-14(11)20-16(19-12)10-7-15-13(18-8-10)4-6-21-15/h4,6-8,17H,2-3,5,9H2,1H3. The number of hydrogen-bond donors (Lipinski definition) is 1. The highest BCUT2D eigenvalue weighted by Gasteiger charge is 2.17. The van der Waals surface area contributed by atoms with E-state index >= 15 is 0 Å². The van der Waals surface area contributed by atoms with Crippen LogP contribution in [0.4, 0.5) is 0 Å². The first kappa shape index (κ1) is 12.9. The van der Waals surface area contributed by atoms with Gasteiger partial charge in [-0.15, -0.1) is 11.3 Å². The maximum absolute atomic E-state index is 4.79. The van der Waals surface area contributed by atoms with Crippen LogP contribution in [0.2, 0.25) is 0 Å². The Balaban J connectivity index is 1.87. The average Bonchev–Trinajstić information content (AvgIpc) is 3.01. The largest absolute Gasteiger partial charge is 0.311 e. The lowest BCUT2D eigenvalue weighted by Crippen LogP contribution is -2.26. The molecule has 1 aliphatic rings. The van der Waals surface area contributed by atoms with E-state index in [9.17, 15) is 0 Å². The number of pyridine rings is 1. The van der Waals surface area contributed by atoms with Crippen LogP contribution in [0, 0.1) is 0 Å². The summed E-state index contributed by atoms with van der Waals surface area (Å²) < 4.78 is 1.19. The van der Waals surface area contributed by atoms with Gasteiger partial charge in [0.2, 0.25) is 0 Å². The summed E-state index contributed by atoms with van der Waals surface area (Å²) in [5, 5.41) is 5.46. The zero-order chi connectivity index (χ0) is 14.2. The Labute approximate surface area is 127 Å². The summed E-state index contributed by atoms with van der Waals surface area (Å²) >= 11 is 1.70. The van der Waals surface area contributed by atoms with E-state index in [1.54, 1.807) is 11.3 Å². The Morgan fingerprint density at radius 3 is 3.19 bits per heavy atom. The topological polar surface area (TPSA) is 50.7 Å². The van der Waals surface area contributed by atoms with Crippen molar-refractivity contribution in [2.75, 3.05) is 6.54 Å². The molecule has 0 aromatic carbocycles. The Bertz CT molecular complexity index is 792. The summed E-state index contributed by atoms with van der Waals surface area (Å²) in [5.41, 5.74) is 5.72. The van der Waals surface area contributed by atoms with Gasteiger partial charge >= 0.3 is 0 Å². The summed E-state index contributed by atoms with van der Waals surface area (Å²) in [6, 6.07) is 4.18. The van der Waals surface area contributed by atoms with E-state index in [4.69, 9.17) is 9.97 Å². The predicted octanol–water partition coefficient (Wildman–Crippen LogP) is 2.96. The van der Waals surface area contributed by atoms with Gasteiger partial charge < -0.3 is 5.32 Å². The second-order valence-electron chi connectivity index (χ2n) is 5.23. The lowest BCUT2D eigenvalue weighted by atomic mass is 10.0. The van der Waals surface area contributed by atoms with Gasteiger partial charge in [-0.25, -0.2) is 9.97 Å². The number of nitrogens with zero attached hydrogens (tertiary/aromatic N) is 3. The second-order valence-corrected chi connectivity index (χ2v) is 6.18. The van der Waals surface area contributed by atoms with Gasteiger partial charge in [0.1, 0.15) is 0 Å². The smallest absolute Gasteiger partial charge is 0.161 e. The molecular weight excluding hydrogens is 280 g/mol. The molecule has 0 atom stereocenters. The van der Waals surface area contributed by atoms with Crippen molar-refractivity contribution in [1.29, 1.82) is 0 Å². The first-order chi connectivity index (χ1) is 10.3. The van der Waals surface area contributed by atoms with Gasteiger partial charge in [-0.3, -0.25) is 4.98 Å². The van der Waals surface area contributed by atoms with Gasteiger partial charge in [0, 0.05) is 24.0 Å². The maximum atomic E-state index is 4.79. The summed E-state index contributed by atoms with van der Waals surface area (Å²) in [7, 11) is 0. The fraction of sp³-hybridized carbons (Fsp3) is 0.312. The molecular formula is C16H16N4S. The van der Waals surface area contributed by atoms with Crippen LogP contribution in [0.15, 0.2) is 23.7 Å². The molecule has 1 aliphatic heterocycles. The summed E-state index contributed by atoms with van der Waals surface area (Å²) in [5.74, 6) is 0.803. The van der Waals surface area contributed by atoms with E-state index in [0.717, 1.165) is 48.5 Å². The van der Waals surface area contributed by atoms with Crippen LogP contribution >= 0.6 is 11.3 Å². The van der Waals surface area contributed by atoms with Crippen molar-refractivity contribution in [3.8, 4) is 11.4 Å². The molecule has 0 saturated carbocycles. The third kappa shape index (κ3) is 2.22. The molecule has 3 aromatic rings. The summed E-state index contributed by atoms with van der Waals surface area (Å²) in [6.45, 7) is 4.02. The molecule has 5 heteroatoms. The molecule has 0 bridgehead atoms. The normalized spacial score (nSPS) is 14.3. The van der Waals surface area contributed by atoms with Crippen molar-refractivity contribution < 1.29 is 0 Å². The van der Waals surface area contributed by atoms with Crippen molar-refractivity contribution in [2.24, 2.45) is 0 Å². The van der Waals surface area contributed by atoms with E-state index in [1.165, 1.54) is 16.0 Å². The Morgan fingerprint density at radius 2 is 2.29 bits per heavy atom. The molecule has 106 valence electrons. The molecule has 0 spiro atoms. The van der Waals surface area contributed by atoms with Crippen molar-refractivity contribution >= 4 is 21.6 Å². The number of rotatable bonds is 2. The highest BCUT2D eigenvalue weighted by atomic mass is 32.1. The summed E-state index contributed by atoms with van der Waals surface area (Å²) in [6.07, 6.45) is 3.86.